The molecule has 0 atom stereocenters. The molecule has 0 saturated heterocycles. The predicted octanol–water partition coefficient (Wildman–Crippen LogP) is 1.90. The Morgan fingerprint density at radius 1 is 1.21 bits per heavy atom. The van der Waals surface area contributed by atoms with E-state index in [2.05, 4.69) is 5.10 Å². The van der Waals surface area contributed by atoms with Gasteiger partial charge in [0.25, 0.3) is 0 Å². The Balaban J connectivity index is 2.66. The van der Waals surface area contributed by atoms with Gasteiger partial charge in [-0.3, -0.25) is 10.5 Å². The molecule has 2 rings (SSSR count). The second-order valence-corrected chi connectivity index (χ2v) is 3.45. The molecular formula is C11H13N3. The van der Waals surface area contributed by atoms with E-state index < -0.39 is 0 Å². The first-order valence-corrected chi connectivity index (χ1v) is 4.58. The minimum Gasteiger partial charge on any atom is -0.297 e. The fourth-order valence-corrected chi connectivity index (χ4v) is 1.54. The Hall–Kier alpha value is -1.77. The highest BCUT2D eigenvalue weighted by molar-refractivity contribution is 5.38. The van der Waals surface area contributed by atoms with E-state index in [1.807, 2.05) is 44.2 Å². The van der Waals surface area contributed by atoms with Gasteiger partial charge in [-0.05, 0) is 25.5 Å². The number of aromatic amines is 1. The monoisotopic (exact) mass is 187 g/mol. The Kier molecular flexibility index (Phi) is 2.00. The summed E-state index contributed by atoms with van der Waals surface area (Å²) in [5, 5.41) is 10.9. The quantitative estimate of drug-likeness (QED) is 0.685. The number of aromatic nitrogens is 2. The van der Waals surface area contributed by atoms with Gasteiger partial charge in [-0.1, -0.05) is 18.2 Å². The van der Waals surface area contributed by atoms with Crippen LogP contribution in [-0.2, 0) is 0 Å². The maximum atomic E-state index is 7.76. The zero-order valence-corrected chi connectivity index (χ0v) is 8.33. The third-order valence-corrected chi connectivity index (χ3v) is 2.24. The van der Waals surface area contributed by atoms with Crippen LogP contribution in [0.25, 0.3) is 5.69 Å². The highest BCUT2D eigenvalue weighted by atomic mass is 15.3. The first kappa shape index (κ1) is 8.81. The van der Waals surface area contributed by atoms with Crippen LogP contribution in [0.4, 0.5) is 0 Å². The molecule has 0 fully saturated rings. The van der Waals surface area contributed by atoms with Crippen LogP contribution in [-0.4, -0.2) is 9.78 Å². The molecule has 0 aliphatic carbocycles. The van der Waals surface area contributed by atoms with E-state index in [4.69, 9.17) is 5.41 Å². The molecule has 72 valence electrons. The summed E-state index contributed by atoms with van der Waals surface area (Å²) in [5.41, 5.74) is 3.67. The third-order valence-electron chi connectivity index (χ3n) is 2.24. The number of hydrogen-bond acceptors (Lipinski definition) is 1. The van der Waals surface area contributed by atoms with Gasteiger partial charge in [-0.15, -0.1) is 0 Å². The largest absolute Gasteiger partial charge is 0.297 e. The molecule has 2 N–H and O–H groups in total. The van der Waals surface area contributed by atoms with Crippen LogP contribution in [0.1, 0.15) is 11.3 Å². The zero-order chi connectivity index (χ0) is 10.1. The number of nitrogens with zero attached hydrogens (tertiary/aromatic N) is 1. The van der Waals surface area contributed by atoms with Gasteiger partial charge in [0.1, 0.15) is 5.49 Å². The number of nitrogens with one attached hydrogen (secondary N) is 2. The van der Waals surface area contributed by atoms with Gasteiger partial charge in [0.15, 0.2) is 0 Å². The summed E-state index contributed by atoms with van der Waals surface area (Å²) in [6.07, 6.45) is 0. The standard InChI is InChI=1S/C11H13N3/c1-8-5-3-4-6-10(8)14-11(12)7-9(2)13-14/h3-7,12-13H,1-2H3. The third kappa shape index (κ3) is 1.37. The highest BCUT2D eigenvalue weighted by Gasteiger charge is 2.01. The summed E-state index contributed by atoms with van der Waals surface area (Å²) in [5.74, 6) is 0. The molecule has 0 amide bonds. The van der Waals surface area contributed by atoms with Gasteiger partial charge < -0.3 is 0 Å². The molecule has 0 radical (unpaired) electrons. The topological polar surface area (TPSA) is 44.6 Å². The second kappa shape index (κ2) is 3.18. The molecule has 1 aromatic heterocycles. The lowest BCUT2D eigenvalue weighted by Gasteiger charge is -2.05. The van der Waals surface area contributed by atoms with Gasteiger partial charge >= 0.3 is 0 Å². The summed E-state index contributed by atoms with van der Waals surface area (Å²) in [6, 6.07) is 9.83. The van der Waals surface area contributed by atoms with Crippen molar-refractivity contribution in [1.82, 2.24) is 9.78 Å². The predicted molar refractivity (Wildman–Crippen MR) is 55.4 cm³/mol. The van der Waals surface area contributed by atoms with E-state index in [-0.39, 0.29) is 0 Å². The van der Waals surface area contributed by atoms with Crippen LogP contribution in [0.5, 0.6) is 0 Å². The molecule has 3 heteroatoms. The molecule has 1 aromatic carbocycles. The summed E-state index contributed by atoms with van der Waals surface area (Å²) in [6.45, 7) is 3.99. The van der Waals surface area contributed by atoms with Crippen molar-refractivity contribution in [3.63, 3.8) is 0 Å². The van der Waals surface area contributed by atoms with Gasteiger partial charge in [0.05, 0.1) is 5.69 Å². The van der Waals surface area contributed by atoms with Gasteiger partial charge in [-0.2, -0.15) is 0 Å². The van der Waals surface area contributed by atoms with Crippen molar-refractivity contribution < 1.29 is 0 Å². The zero-order valence-electron chi connectivity index (χ0n) is 8.33. The van der Waals surface area contributed by atoms with Crippen LogP contribution in [0.3, 0.4) is 0 Å². The lowest BCUT2D eigenvalue weighted by molar-refractivity contribution is 0.801. The first-order chi connectivity index (χ1) is 6.68. The van der Waals surface area contributed by atoms with Crippen molar-refractivity contribution in [1.29, 1.82) is 5.41 Å². The van der Waals surface area contributed by atoms with Crippen molar-refractivity contribution in [3.8, 4) is 5.69 Å². The van der Waals surface area contributed by atoms with Gasteiger partial charge in [-0.25, -0.2) is 4.68 Å². The number of aryl methyl sites for hydroxylation is 2. The summed E-state index contributed by atoms with van der Waals surface area (Å²) in [7, 11) is 0. The van der Waals surface area contributed by atoms with E-state index in [0.29, 0.717) is 5.49 Å². The molecule has 0 saturated carbocycles. The van der Waals surface area contributed by atoms with Crippen molar-refractivity contribution in [2.24, 2.45) is 0 Å². The Bertz CT molecular complexity index is 505. The molecule has 0 unspecified atom stereocenters. The molecule has 0 bridgehead atoms. The number of rotatable bonds is 1. The van der Waals surface area contributed by atoms with Crippen molar-refractivity contribution in [2.45, 2.75) is 13.8 Å². The molecule has 2 aromatic rings. The maximum absolute atomic E-state index is 7.76. The van der Waals surface area contributed by atoms with E-state index in [0.717, 1.165) is 16.9 Å². The average molecular weight is 187 g/mol. The van der Waals surface area contributed by atoms with Crippen LogP contribution in [0.15, 0.2) is 30.3 Å². The fraction of sp³-hybridized carbons (Fsp3) is 0.182. The smallest absolute Gasteiger partial charge is 0.146 e. The minimum atomic E-state index is 0.483. The van der Waals surface area contributed by atoms with Crippen molar-refractivity contribution >= 4 is 0 Å². The second-order valence-electron chi connectivity index (χ2n) is 3.45. The molecule has 3 nitrogen and oxygen atoms in total. The van der Waals surface area contributed by atoms with Crippen LogP contribution in [0, 0.1) is 19.3 Å². The lowest BCUT2D eigenvalue weighted by atomic mass is 10.2. The van der Waals surface area contributed by atoms with Gasteiger partial charge in [0, 0.05) is 11.8 Å². The first-order valence-electron chi connectivity index (χ1n) is 4.58. The molecular weight excluding hydrogens is 174 g/mol. The van der Waals surface area contributed by atoms with Gasteiger partial charge in [0.2, 0.25) is 0 Å². The lowest BCUT2D eigenvalue weighted by Crippen LogP contribution is -2.14. The number of hydrogen-bond donors (Lipinski definition) is 2. The molecule has 1 heterocycles. The van der Waals surface area contributed by atoms with E-state index >= 15 is 0 Å². The Labute approximate surface area is 82.5 Å². The minimum absolute atomic E-state index is 0.483. The van der Waals surface area contributed by atoms with Crippen LogP contribution >= 0.6 is 0 Å². The van der Waals surface area contributed by atoms with Crippen LogP contribution < -0.4 is 5.49 Å². The van der Waals surface area contributed by atoms with Crippen molar-refractivity contribution in [3.05, 3.63) is 47.1 Å². The SMILES string of the molecule is Cc1cc(=N)n(-c2ccccc2C)[nH]1. The van der Waals surface area contributed by atoms with Crippen molar-refractivity contribution in [2.75, 3.05) is 0 Å². The number of H-pyrrole nitrogens is 1. The van der Waals surface area contributed by atoms with E-state index in [9.17, 15) is 0 Å². The molecule has 0 aliphatic rings. The summed E-state index contributed by atoms with van der Waals surface area (Å²) >= 11 is 0. The average Bonchev–Trinajstić information content (AvgIpc) is 2.46. The van der Waals surface area contributed by atoms with E-state index in [1.165, 1.54) is 0 Å². The Morgan fingerprint density at radius 3 is 2.50 bits per heavy atom. The summed E-state index contributed by atoms with van der Waals surface area (Å²) in [4.78, 5) is 0. The van der Waals surface area contributed by atoms with Crippen LogP contribution in [0.2, 0.25) is 0 Å². The summed E-state index contributed by atoms with van der Waals surface area (Å²) < 4.78 is 1.78. The highest BCUT2D eigenvalue weighted by Crippen LogP contribution is 2.09. The number of benzene rings is 1. The normalized spacial score (nSPS) is 10.4. The molecule has 0 aliphatic heterocycles. The number of para-hydroxylation sites is 1. The van der Waals surface area contributed by atoms with E-state index in [1.54, 1.807) is 4.68 Å². The molecule has 14 heavy (non-hydrogen) atoms. The fourth-order valence-electron chi connectivity index (χ4n) is 1.54. The molecule has 0 spiro atoms. The Morgan fingerprint density at radius 2 is 1.93 bits per heavy atom. The maximum Gasteiger partial charge on any atom is 0.146 e.